The van der Waals surface area contributed by atoms with Crippen LogP contribution in [0, 0.1) is 5.41 Å². The van der Waals surface area contributed by atoms with Gasteiger partial charge < -0.3 is 20.1 Å². The van der Waals surface area contributed by atoms with Crippen LogP contribution in [-0.4, -0.2) is 46.4 Å². The van der Waals surface area contributed by atoms with Gasteiger partial charge >= 0.3 is 6.18 Å². The van der Waals surface area contributed by atoms with Crippen LogP contribution in [0.2, 0.25) is 0 Å². The molecule has 1 aromatic carbocycles. The van der Waals surface area contributed by atoms with Crippen LogP contribution in [0.15, 0.2) is 29.3 Å². The number of nitrogens with zero attached hydrogens (tertiary/aromatic N) is 1. The summed E-state index contributed by atoms with van der Waals surface area (Å²) in [5, 5.41) is 6.38. The van der Waals surface area contributed by atoms with Crippen LogP contribution in [0.5, 0.6) is 5.75 Å². The van der Waals surface area contributed by atoms with Gasteiger partial charge in [-0.25, -0.2) is 0 Å². The number of ether oxygens (including phenoxy) is 2. The first kappa shape index (κ1) is 24.8. The van der Waals surface area contributed by atoms with Crippen LogP contribution in [0.25, 0.3) is 0 Å². The first-order chi connectivity index (χ1) is 12.9. The summed E-state index contributed by atoms with van der Waals surface area (Å²) in [4.78, 5) is 4.16. The molecule has 28 heavy (non-hydrogen) atoms. The molecule has 5 nitrogen and oxygen atoms in total. The zero-order valence-electron chi connectivity index (χ0n) is 16.3. The summed E-state index contributed by atoms with van der Waals surface area (Å²) >= 11 is 0. The molecule has 0 spiro atoms. The molecule has 0 bridgehead atoms. The summed E-state index contributed by atoms with van der Waals surface area (Å²) in [7, 11) is 3.37. The number of hydrogen-bond donors (Lipinski definition) is 2. The number of guanidine groups is 1. The van der Waals surface area contributed by atoms with E-state index in [0.29, 0.717) is 12.5 Å². The van der Waals surface area contributed by atoms with Gasteiger partial charge in [0, 0.05) is 27.3 Å². The van der Waals surface area contributed by atoms with Gasteiger partial charge in [-0.15, -0.1) is 24.0 Å². The molecule has 0 aromatic heterocycles. The molecule has 160 valence electrons. The minimum atomic E-state index is -4.43. The lowest BCUT2D eigenvalue weighted by atomic mass is 9.67. The van der Waals surface area contributed by atoms with Crippen molar-refractivity contribution < 1.29 is 22.6 Å². The van der Waals surface area contributed by atoms with Gasteiger partial charge in [0.25, 0.3) is 0 Å². The van der Waals surface area contributed by atoms with Crippen molar-refractivity contribution in [3.8, 4) is 5.75 Å². The van der Waals surface area contributed by atoms with E-state index in [4.69, 9.17) is 9.47 Å². The van der Waals surface area contributed by atoms with E-state index in [-0.39, 0.29) is 41.7 Å². The summed E-state index contributed by atoms with van der Waals surface area (Å²) in [5.74, 6) is 0.453. The van der Waals surface area contributed by atoms with Crippen LogP contribution in [0.4, 0.5) is 13.2 Å². The van der Waals surface area contributed by atoms with Crippen LogP contribution in [-0.2, 0) is 10.9 Å². The third-order valence-electron chi connectivity index (χ3n) is 4.95. The van der Waals surface area contributed by atoms with Crippen LogP contribution in [0.1, 0.15) is 31.2 Å². The highest BCUT2D eigenvalue weighted by Crippen LogP contribution is 2.43. The van der Waals surface area contributed by atoms with Gasteiger partial charge in [0.05, 0.1) is 12.1 Å². The summed E-state index contributed by atoms with van der Waals surface area (Å²) in [6, 6.07) is 5.21. The molecule has 1 fully saturated rings. The maximum absolute atomic E-state index is 12.9. The van der Waals surface area contributed by atoms with E-state index in [1.54, 1.807) is 14.2 Å². The fraction of sp³-hybridized carbons (Fsp3) is 0.632. The molecular formula is C19H29F3IN3O2. The standard InChI is InChI=1S/C19H28F3N3O2.HI/c1-23-17(25-14-18(8-5-9-18)10-12-26-2)24-11-13-27-16-7-4-3-6-15(16)19(20,21)22;/h3-4,6-7H,5,8-14H2,1-2H3,(H2,23,24,25);1H. The predicted molar refractivity (Wildman–Crippen MR) is 114 cm³/mol. The van der Waals surface area contributed by atoms with Gasteiger partial charge in [0.15, 0.2) is 5.96 Å². The molecule has 1 aliphatic rings. The zero-order chi connectivity index (χ0) is 19.8. The molecule has 0 heterocycles. The number of alkyl halides is 3. The molecule has 9 heteroatoms. The van der Waals surface area contributed by atoms with Crippen molar-refractivity contribution in [1.82, 2.24) is 10.6 Å². The minimum Gasteiger partial charge on any atom is -0.491 e. The van der Waals surface area contributed by atoms with E-state index in [1.807, 2.05) is 0 Å². The monoisotopic (exact) mass is 515 g/mol. The molecule has 0 unspecified atom stereocenters. The van der Waals surface area contributed by atoms with E-state index >= 15 is 0 Å². The largest absolute Gasteiger partial charge is 0.491 e. The molecule has 2 N–H and O–H groups in total. The highest BCUT2D eigenvalue weighted by molar-refractivity contribution is 14.0. The smallest absolute Gasteiger partial charge is 0.419 e. The predicted octanol–water partition coefficient (Wildman–Crippen LogP) is 4.07. The maximum atomic E-state index is 12.9. The highest BCUT2D eigenvalue weighted by Gasteiger charge is 2.36. The van der Waals surface area contributed by atoms with Crippen molar-refractivity contribution in [1.29, 1.82) is 0 Å². The Bertz CT molecular complexity index is 623. The molecule has 0 atom stereocenters. The van der Waals surface area contributed by atoms with Crippen molar-refractivity contribution in [2.75, 3.05) is 40.5 Å². The number of methoxy groups -OCH3 is 1. The molecule has 0 radical (unpaired) electrons. The molecule has 0 amide bonds. The number of benzene rings is 1. The average Bonchev–Trinajstić information content (AvgIpc) is 2.61. The molecule has 1 aliphatic carbocycles. The number of aliphatic imine (C=N–C) groups is 1. The van der Waals surface area contributed by atoms with Crippen molar-refractivity contribution in [2.24, 2.45) is 10.4 Å². The van der Waals surface area contributed by atoms with Crippen molar-refractivity contribution in [2.45, 2.75) is 31.9 Å². The second kappa shape index (κ2) is 11.7. The summed E-state index contributed by atoms with van der Waals surface area (Å²) in [6.07, 6.45) is 0.130. The first-order valence-electron chi connectivity index (χ1n) is 9.13. The quantitative estimate of drug-likeness (QED) is 0.226. The molecular weight excluding hydrogens is 486 g/mol. The minimum absolute atomic E-state index is 0. The van der Waals surface area contributed by atoms with Crippen molar-refractivity contribution in [3.63, 3.8) is 0 Å². The number of rotatable bonds is 9. The Balaban J connectivity index is 0.00000392. The Hall–Kier alpha value is -1.23. The number of halogens is 4. The lowest BCUT2D eigenvalue weighted by Crippen LogP contribution is -2.47. The summed E-state index contributed by atoms with van der Waals surface area (Å²) in [5.41, 5.74) is -0.520. The Morgan fingerprint density at radius 2 is 1.89 bits per heavy atom. The third kappa shape index (κ3) is 7.31. The molecule has 0 aliphatic heterocycles. The molecule has 1 saturated carbocycles. The van der Waals surface area contributed by atoms with Gasteiger partial charge in [-0.1, -0.05) is 18.6 Å². The number of para-hydroxylation sites is 1. The Kier molecular flexibility index (Phi) is 10.4. The van der Waals surface area contributed by atoms with Gasteiger partial charge in [-0.2, -0.15) is 13.2 Å². The van der Waals surface area contributed by atoms with Crippen molar-refractivity contribution >= 4 is 29.9 Å². The third-order valence-corrected chi connectivity index (χ3v) is 4.95. The topological polar surface area (TPSA) is 54.9 Å². The lowest BCUT2D eigenvalue weighted by molar-refractivity contribution is -0.138. The molecule has 1 aromatic rings. The SMILES string of the molecule is CN=C(NCCOc1ccccc1C(F)(F)F)NCC1(CCOC)CCC1.I. The van der Waals surface area contributed by atoms with Crippen LogP contribution < -0.4 is 15.4 Å². The first-order valence-corrected chi connectivity index (χ1v) is 9.13. The zero-order valence-corrected chi connectivity index (χ0v) is 18.6. The summed E-state index contributed by atoms with van der Waals surface area (Å²) in [6.45, 7) is 1.98. The van der Waals surface area contributed by atoms with Crippen LogP contribution >= 0.6 is 24.0 Å². The molecule has 0 saturated heterocycles. The van der Waals surface area contributed by atoms with E-state index in [1.165, 1.54) is 24.6 Å². The van der Waals surface area contributed by atoms with E-state index in [0.717, 1.165) is 38.5 Å². The van der Waals surface area contributed by atoms with Gasteiger partial charge in [0.2, 0.25) is 0 Å². The van der Waals surface area contributed by atoms with E-state index < -0.39 is 11.7 Å². The Labute approximate surface area is 181 Å². The van der Waals surface area contributed by atoms with Crippen molar-refractivity contribution in [3.05, 3.63) is 29.8 Å². The van der Waals surface area contributed by atoms with Crippen LogP contribution in [0.3, 0.4) is 0 Å². The average molecular weight is 515 g/mol. The highest BCUT2D eigenvalue weighted by atomic mass is 127. The van der Waals surface area contributed by atoms with Gasteiger partial charge in [-0.05, 0) is 36.8 Å². The summed E-state index contributed by atoms with van der Waals surface area (Å²) < 4.78 is 49.3. The van der Waals surface area contributed by atoms with E-state index in [2.05, 4.69) is 15.6 Å². The number of nitrogens with one attached hydrogen (secondary N) is 2. The number of hydrogen-bond acceptors (Lipinski definition) is 3. The Morgan fingerprint density at radius 3 is 2.46 bits per heavy atom. The van der Waals surface area contributed by atoms with E-state index in [9.17, 15) is 13.2 Å². The van der Waals surface area contributed by atoms with Gasteiger partial charge in [-0.3, -0.25) is 4.99 Å². The second-order valence-electron chi connectivity index (χ2n) is 6.79. The normalized spacial score (nSPS) is 16.0. The van der Waals surface area contributed by atoms with Gasteiger partial charge in [0.1, 0.15) is 12.4 Å². The fourth-order valence-corrected chi connectivity index (χ4v) is 3.16. The Morgan fingerprint density at radius 1 is 1.18 bits per heavy atom. The second-order valence-corrected chi connectivity index (χ2v) is 6.79. The molecule has 2 rings (SSSR count). The fourth-order valence-electron chi connectivity index (χ4n) is 3.16. The maximum Gasteiger partial charge on any atom is 0.419 e. The lowest BCUT2D eigenvalue weighted by Gasteiger charge is -2.42.